The number of hydrogen-bond acceptors (Lipinski definition) is 0. The van der Waals surface area contributed by atoms with Gasteiger partial charge in [-0.25, -0.2) is 0 Å². The maximum atomic E-state index is 3.65. The average Bonchev–Trinajstić information content (AvgIpc) is 2.52. The van der Waals surface area contributed by atoms with Crippen LogP contribution in [-0.4, -0.2) is 0 Å². The van der Waals surface area contributed by atoms with Gasteiger partial charge < -0.3 is 0 Å². The predicted molar refractivity (Wildman–Crippen MR) is 100 cm³/mol. The largest absolute Gasteiger partial charge is 0.0991 e. The van der Waals surface area contributed by atoms with Crippen molar-refractivity contribution in [2.24, 2.45) is 0 Å². The van der Waals surface area contributed by atoms with Gasteiger partial charge >= 0.3 is 0 Å². The highest BCUT2D eigenvalue weighted by molar-refractivity contribution is 5.22. The van der Waals surface area contributed by atoms with E-state index in [1.165, 1.54) is 68.9 Å². The van der Waals surface area contributed by atoms with Crippen LogP contribution in [0.3, 0.4) is 0 Å². The van der Waals surface area contributed by atoms with E-state index in [1.54, 1.807) is 0 Å². The molecule has 0 unspecified atom stereocenters. The molecule has 1 aromatic carbocycles. The highest BCUT2D eigenvalue weighted by atomic mass is 14.0. The van der Waals surface area contributed by atoms with Crippen molar-refractivity contribution >= 4 is 0 Å². The third kappa shape index (κ3) is 10.2. The molecule has 0 radical (unpaired) electrons. The van der Waals surface area contributed by atoms with Crippen LogP contribution in [0.15, 0.2) is 61.2 Å². The summed E-state index contributed by atoms with van der Waals surface area (Å²) in [6.45, 7) is 5.82. The van der Waals surface area contributed by atoms with Crippen molar-refractivity contribution in [3.05, 3.63) is 72.4 Å². The van der Waals surface area contributed by atoms with Crippen LogP contribution in [0.5, 0.6) is 0 Å². The zero-order valence-electron chi connectivity index (χ0n) is 14.3. The van der Waals surface area contributed by atoms with Crippen LogP contribution < -0.4 is 0 Å². The molecule has 0 heterocycles. The predicted octanol–water partition coefficient (Wildman–Crippen LogP) is 6.96. The average molecular weight is 296 g/mol. The summed E-state index contributed by atoms with van der Waals surface area (Å²) in [5.41, 5.74) is 2.88. The lowest BCUT2D eigenvalue weighted by atomic mass is 10.0. The summed E-state index contributed by atoms with van der Waals surface area (Å²) in [4.78, 5) is 0. The molecule has 120 valence electrons. The molecule has 0 bridgehead atoms. The molecule has 0 heteroatoms. The van der Waals surface area contributed by atoms with E-state index >= 15 is 0 Å². The Balaban J connectivity index is 1.88. The lowest BCUT2D eigenvalue weighted by Crippen LogP contribution is -1.87. The molecule has 0 spiro atoms. The van der Waals surface area contributed by atoms with E-state index in [4.69, 9.17) is 0 Å². The molecule has 0 saturated carbocycles. The summed E-state index contributed by atoms with van der Waals surface area (Å²) >= 11 is 0. The molecule has 0 aliphatic carbocycles. The molecule has 22 heavy (non-hydrogen) atoms. The smallest absolute Gasteiger partial charge is 0.0279 e. The van der Waals surface area contributed by atoms with Gasteiger partial charge in [-0.1, -0.05) is 98.9 Å². The first-order valence-corrected chi connectivity index (χ1v) is 8.82. The first-order chi connectivity index (χ1) is 10.8. The quantitative estimate of drug-likeness (QED) is 0.289. The second-order valence-electron chi connectivity index (χ2n) is 6.05. The normalized spacial score (nSPS) is 11.5. The highest BCUT2D eigenvalue weighted by Gasteiger charge is 1.95. The topological polar surface area (TPSA) is 0 Å². The molecular formula is C22H32. The van der Waals surface area contributed by atoms with Gasteiger partial charge in [-0.05, 0) is 38.2 Å². The number of rotatable bonds is 12. The second kappa shape index (κ2) is 13.1. The van der Waals surface area contributed by atoms with Crippen LogP contribution in [0.25, 0.3) is 0 Å². The molecular weight excluding hydrogens is 264 g/mol. The maximum absolute atomic E-state index is 3.65. The van der Waals surface area contributed by atoms with Crippen LogP contribution in [0.2, 0.25) is 0 Å². The molecule has 1 aromatic rings. The van der Waals surface area contributed by atoms with Gasteiger partial charge in [0.15, 0.2) is 0 Å². The summed E-state index contributed by atoms with van der Waals surface area (Å²) in [6.07, 6.45) is 22.2. The maximum Gasteiger partial charge on any atom is -0.0279 e. The molecule has 0 saturated heterocycles. The fourth-order valence-corrected chi connectivity index (χ4v) is 2.66. The molecule has 0 aliphatic rings. The van der Waals surface area contributed by atoms with Crippen molar-refractivity contribution in [1.82, 2.24) is 0 Å². The first kappa shape index (κ1) is 18.5. The minimum absolute atomic E-state index is 1.20. The number of aryl methyl sites for hydroxylation is 2. The van der Waals surface area contributed by atoms with E-state index in [9.17, 15) is 0 Å². The van der Waals surface area contributed by atoms with Crippen LogP contribution in [0.1, 0.15) is 62.5 Å². The molecule has 0 N–H and O–H groups in total. The van der Waals surface area contributed by atoms with Crippen LogP contribution in [0.4, 0.5) is 0 Å². The van der Waals surface area contributed by atoms with Gasteiger partial charge in [-0.3, -0.25) is 0 Å². The zero-order chi connectivity index (χ0) is 15.9. The SMILES string of the molecule is C=CC=C/C=C/CCCCCCCCCc1cccc(C)c1. The Bertz CT molecular complexity index is 451. The number of allylic oxidation sites excluding steroid dienone is 5. The van der Waals surface area contributed by atoms with Crippen molar-refractivity contribution < 1.29 is 0 Å². The zero-order valence-corrected chi connectivity index (χ0v) is 14.3. The summed E-state index contributed by atoms with van der Waals surface area (Å²) in [6, 6.07) is 8.92. The number of benzene rings is 1. The molecule has 0 atom stereocenters. The van der Waals surface area contributed by atoms with Crippen molar-refractivity contribution in [2.75, 3.05) is 0 Å². The molecule has 0 amide bonds. The van der Waals surface area contributed by atoms with Gasteiger partial charge in [0.2, 0.25) is 0 Å². The third-order valence-corrected chi connectivity index (χ3v) is 3.91. The Morgan fingerprint density at radius 1 is 0.864 bits per heavy atom. The van der Waals surface area contributed by atoms with E-state index in [0.29, 0.717) is 0 Å². The van der Waals surface area contributed by atoms with Gasteiger partial charge in [-0.2, -0.15) is 0 Å². The fourth-order valence-electron chi connectivity index (χ4n) is 2.66. The Kier molecular flexibility index (Phi) is 11.0. The molecule has 1 rings (SSSR count). The van der Waals surface area contributed by atoms with Crippen molar-refractivity contribution in [1.29, 1.82) is 0 Å². The van der Waals surface area contributed by atoms with Crippen molar-refractivity contribution in [3.8, 4) is 0 Å². The molecule has 0 nitrogen and oxygen atoms in total. The number of hydrogen-bond donors (Lipinski definition) is 0. The van der Waals surface area contributed by atoms with Crippen molar-refractivity contribution in [2.45, 2.75) is 64.7 Å². The Labute approximate surface area is 137 Å². The Hall–Kier alpha value is -1.56. The van der Waals surface area contributed by atoms with E-state index in [-0.39, 0.29) is 0 Å². The second-order valence-corrected chi connectivity index (χ2v) is 6.05. The van der Waals surface area contributed by atoms with Crippen LogP contribution >= 0.6 is 0 Å². The Morgan fingerprint density at radius 3 is 2.32 bits per heavy atom. The van der Waals surface area contributed by atoms with E-state index < -0.39 is 0 Å². The van der Waals surface area contributed by atoms with Gasteiger partial charge in [0.1, 0.15) is 0 Å². The van der Waals surface area contributed by atoms with E-state index in [2.05, 4.69) is 49.9 Å². The summed E-state index contributed by atoms with van der Waals surface area (Å²) < 4.78 is 0. The van der Waals surface area contributed by atoms with Crippen LogP contribution in [-0.2, 0) is 6.42 Å². The van der Waals surface area contributed by atoms with Gasteiger partial charge in [-0.15, -0.1) is 0 Å². The van der Waals surface area contributed by atoms with E-state index in [0.717, 1.165) is 0 Å². The standard InChI is InChI=1S/C22H32/c1-3-4-5-6-7-8-9-10-11-12-13-14-15-18-22-19-16-17-21(2)20-22/h3-7,16-17,19-20H,1,8-15,18H2,2H3/b5-4?,7-6+. The van der Waals surface area contributed by atoms with E-state index in [1.807, 2.05) is 18.2 Å². The lowest BCUT2D eigenvalue weighted by molar-refractivity contribution is 0.581. The summed E-state index contributed by atoms with van der Waals surface area (Å²) in [5, 5.41) is 0. The molecule has 0 aromatic heterocycles. The minimum Gasteiger partial charge on any atom is -0.0991 e. The van der Waals surface area contributed by atoms with Gasteiger partial charge in [0.25, 0.3) is 0 Å². The lowest BCUT2D eigenvalue weighted by Gasteiger charge is -2.03. The molecule has 0 fully saturated rings. The number of unbranched alkanes of at least 4 members (excludes halogenated alkanes) is 7. The van der Waals surface area contributed by atoms with Crippen LogP contribution in [0, 0.1) is 6.92 Å². The Morgan fingerprint density at radius 2 is 1.59 bits per heavy atom. The summed E-state index contributed by atoms with van der Waals surface area (Å²) in [5.74, 6) is 0. The highest BCUT2D eigenvalue weighted by Crippen LogP contribution is 2.12. The first-order valence-electron chi connectivity index (χ1n) is 8.82. The monoisotopic (exact) mass is 296 g/mol. The minimum atomic E-state index is 1.20. The van der Waals surface area contributed by atoms with Gasteiger partial charge in [0.05, 0.1) is 0 Å². The summed E-state index contributed by atoms with van der Waals surface area (Å²) in [7, 11) is 0. The fraction of sp³-hybridized carbons (Fsp3) is 0.455. The third-order valence-electron chi connectivity index (χ3n) is 3.91. The molecule has 0 aliphatic heterocycles. The van der Waals surface area contributed by atoms with Gasteiger partial charge in [0, 0.05) is 0 Å². The van der Waals surface area contributed by atoms with Crippen molar-refractivity contribution in [3.63, 3.8) is 0 Å².